The van der Waals surface area contributed by atoms with Crippen molar-refractivity contribution in [3.8, 4) is 24.0 Å². The van der Waals surface area contributed by atoms with Crippen LogP contribution in [0.1, 0.15) is 67.4 Å². The summed E-state index contributed by atoms with van der Waals surface area (Å²) in [6, 6.07) is 21.3. The molecule has 2 heterocycles. The highest BCUT2D eigenvalue weighted by Gasteiger charge is 2.25. The SMILES string of the molecule is C#C.C/C=C\C.C=C/C=N\C1=C(C)C(=C)C/C(=C\C=C/C)N1c1ccc(-c2ccc(N(C)c3ncccc3CC=C)cc2)cc1.CC.CC. The average Bonchev–Trinajstić information content (AvgIpc) is 3.17. The van der Waals surface area contributed by atoms with E-state index in [0.29, 0.717) is 0 Å². The van der Waals surface area contributed by atoms with Gasteiger partial charge in [-0.25, -0.2) is 9.98 Å². The van der Waals surface area contributed by atoms with Gasteiger partial charge in [0.05, 0.1) is 0 Å². The molecule has 49 heavy (non-hydrogen) atoms. The van der Waals surface area contributed by atoms with Crippen molar-refractivity contribution in [3.63, 3.8) is 0 Å². The highest BCUT2D eigenvalue weighted by atomic mass is 15.2. The molecular weight excluding hydrogens is 597 g/mol. The van der Waals surface area contributed by atoms with E-state index in [9.17, 15) is 0 Å². The molecule has 0 N–H and O–H groups in total. The summed E-state index contributed by atoms with van der Waals surface area (Å²) in [5.41, 5.74) is 8.87. The van der Waals surface area contributed by atoms with Crippen LogP contribution in [0.2, 0.25) is 0 Å². The largest absolute Gasteiger partial charge is 0.329 e. The Bertz CT molecular complexity index is 1590. The minimum absolute atomic E-state index is 0.769. The first-order chi connectivity index (χ1) is 23.9. The molecule has 0 unspecified atom stereocenters. The lowest BCUT2D eigenvalue weighted by atomic mass is 9.97. The van der Waals surface area contributed by atoms with Gasteiger partial charge in [0.15, 0.2) is 0 Å². The van der Waals surface area contributed by atoms with Gasteiger partial charge in [-0.3, -0.25) is 4.90 Å². The molecule has 1 aliphatic heterocycles. The fraction of sp³-hybridized carbons (Fsp3) is 0.244. The van der Waals surface area contributed by atoms with Gasteiger partial charge in [-0.15, -0.1) is 19.4 Å². The monoisotopic (exact) mass is 654 g/mol. The minimum atomic E-state index is 0.769. The van der Waals surface area contributed by atoms with Gasteiger partial charge < -0.3 is 4.90 Å². The van der Waals surface area contributed by atoms with Crippen LogP contribution in [0.5, 0.6) is 0 Å². The van der Waals surface area contributed by atoms with Crippen molar-refractivity contribution in [2.24, 2.45) is 4.99 Å². The second-order valence-corrected chi connectivity index (χ2v) is 10.1. The van der Waals surface area contributed by atoms with Crippen molar-refractivity contribution in [2.75, 3.05) is 16.8 Å². The summed E-state index contributed by atoms with van der Waals surface area (Å²) in [6.45, 7) is 28.1. The molecule has 0 saturated heterocycles. The highest BCUT2D eigenvalue weighted by Crippen LogP contribution is 2.38. The zero-order chi connectivity index (χ0) is 37.2. The second-order valence-electron chi connectivity index (χ2n) is 10.1. The summed E-state index contributed by atoms with van der Waals surface area (Å²) in [4.78, 5) is 13.7. The van der Waals surface area contributed by atoms with Crippen molar-refractivity contribution >= 4 is 23.4 Å². The molecule has 1 aromatic heterocycles. The molecule has 0 bridgehead atoms. The van der Waals surface area contributed by atoms with Gasteiger partial charge in [0.2, 0.25) is 0 Å². The van der Waals surface area contributed by atoms with Gasteiger partial charge in [0.25, 0.3) is 0 Å². The van der Waals surface area contributed by atoms with Gasteiger partial charge in [-0.05, 0) is 98.4 Å². The lowest BCUT2D eigenvalue weighted by Crippen LogP contribution is -2.26. The zero-order valence-electron chi connectivity index (χ0n) is 31.4. The molecule has 0 spiro atoms. The lowest BCUT2D eigenvalue weighted by molar-refractivity contribution is 0.906. The Labute approximate surface area is 299 Å². The number of aliphatic imine (C=N–C) groups is 1. The molecule has 0 saturated carbocycles. The number of rotatable bonds is 9. The van der Waals surface area contributed by atoms with E-state index in [1.807, 2.05) is 92.1 Å². The van der Waals surface area contributed by atoms with E-state index in [2.05, 4.69) is 121 Å². The number of terminal acetylenes is 1. The van der Waals surface area contributed by atoms with E-state index in [-0.39, 0.29) is 0 Å². The zero-order valence-corrected chi connectivity index (χ0v) is 31.4. The summed E-state index contributed by atoms with van der Waals surface area (Å²) in [5.74, 6) is 1.81. The summed E-state index contributed by atoms with van der Waals surface area (Å²) in [6.07, 6.45) is 26.9. The normalized spacial score (nSPS) is 13.0. The van der Waals surface area contributed by atoms with Gasteiger partial charge >= 0.3 is 0 Å². The van der Waals surface area contributed by atoms with Crippen LogP contribution in [0.4, 0.5) is 17.2 Å². The second kappa shape index (κ2) is 25.7. The number of pyridine rings is 1. The summed E-state index contributed by atoms with van der Waals surface area (Å²) >= 11 is 0. The third-order valence-corrected chi connectivity index (χ3v) is 7.14. The molecule has 1 aliphatic rings. The molecule has 258 valence electrons. The molecule has 4 nitrogen and oxygen atoms in total. The number of hydrogen-bond donors (Lipinski definition) is 0. The third kappa shape index (κ3) is 13.0. The van der Waals surface area contributed by atoms with E-state index < -0.39 is 0 Å². The third-order valence-electron chi connectivity index (χ3n) is 7.14. The molecule has 0 fully saturated rings. The Balaban J connectivity index is 0.00000208. The van der Waals surface area contributed by atoms with E-state index in [1.54, 1.807) is 12.3 Å². The van der Waals surface area contributed by atoms with Crippen LogP contribution in [-0.2, 0) is 6.42 Å². The number of anilines is 3. The summed E-state index contributed by atoms with van der Waals surface area (Å²) in [5, 5.41) is 0. The Morgan fingerprint density at radius 2 is 1.45 bits per heavy atom. The van der Waals surface area contributed by atoms with Gasteiger partial charge in [0.1, 0.15) is 11.6 Å². The van der Waals surface area contributed by atoms with Gasteiger partial charge in [0, 0.05) is 43.0 Å². The first kappa shape index (κ1) is 43.6. The van der Waals surface area contributed by atoms with Crippen LogP contribution >= 0.6 is 0 Å². The molecule has 0 radical (unpaired) electrons. The molecule has 0 amide bonds. The molecule has 4 heteroatoms. The maximum Gasteiger partial charge on any atom is 0.140 e. The Hall–Kier alpha value is -5.40. The fourth-order valence-corrected chi connectivity index (χ4v) is 4.65. The predicted octanol–water partition coefficient (Wildman–Crippen LogP) is 12.8. The average molecular weight is 655 g/mol. The number of hydrogen-bond acceptors (Lipinski definition) is 4. The van der Waals surface area contributed by atoms with Crippen LogP contribution in [0.3, 0.4) is 0 Å². The lowest BCUT2D eigenvalue weighted by Gasteiger charge is -2.34. The number of allylic oxidation sites excluding steroid dienone is 9. The molecule has 0 aliphatic carbocycles. The van der Waals surface area contributed by atoms with Crippen molar-refractivity contribution < 1.29 is 0 Å². The van der Waals surface area contributed by atoms with Crippen LogP contribution in [0.15, 0.2) is 157 Å². The molecular formula is C45H58N4. The molecule has 0 atom stereocenters. The van der Waals surface area contributed by atoms with Gasteiger partial charge in [-0.2, -0.15) is 0 Å². The van der Waals surface area contributed by atoms with Crippen LogP contribution < -0.4 is 9.80 Å². The number of nitrogens with zero attached hydrogens (tertiary/aromatic N) is 4. The Morgan fingerprint density at radius 1 is 0.878 bits per heavy atom. The van der Waals surface area contributed by atoms with Crippen LogP contribution in [0.25, 0.3) is 11.1 Å². The summed E-state index contributed by atoms with van der Waals surface area (Å²) < 4.78 is 0. The van der Waals surface area contributed by atoms with E-state index >= 15 is 0 Å². The maximum atomic E-state index is 4.72. The Morgan fingerprint density at radius 3 is 1.96 bits per heavy atom. The summed E-state index contributed by atoms with van der Waals surface area (Å²) in [7, 11) is 2.05. The fourth-order valence-electron chi connectivity index (χ4n) is 4.65. The number of benzene rings is 2. The maximum absolute atomic E-state index is 4.72. The van der Waals surface area contributed by atoms with Crippen molar-refractivity contribution in [2.45, 2.75) is 68.2 Å². The van der Waals surface area contributed by atoms with Gasteiger partial charge in [-0.1, -0.05) is 108 Å². The van der Waals surface area contributed by atoms with E-state index in [1.165, 1.54) is 0 Å². The van der Waals surface area contributed by atoms with Crippen molar-refractivity contribution in [3.05, 3.63) is 157 Å². The van der Waals surface area contributed by atoms with E-state index in [0.717, 1.165) is 69.4 Å². The highest BCUT2D eigenvalue weighted by molar-refractivity contribution is 5.76. The number of aromatic nitrogens is 1. The van der Waals surface area contributed by atoms with Crippen LogP contribution in [0, 0.1) is 12.8 Å². The standard InChI is InChI=1S/C35H36N4.C4H8.2C2H6.C2H2/c1-7-10-14-33-25-26(4)27(5)34(36-23-9-3)39(33)32-21-17-29(18-22-32)28-15-19-31(20-16-28)38(6)35-30(12-8-2)13-11-24-37-35;1-3-4-2;3*1-2/h7-11,13-24H,2-4,12,25H2,1,5-6H3;3-4H,1-2H3;2*1-2H3;1-2H/b10-7-,33-14+,36-23-;4-3-;;;. The minimum Gasteiger partial charge on any atom is -0.329 e. The molecule has 2 aromatic carbocycles. The van der Waals surface area contributed by atoms with E-state index in [4.69, 9.17) is 4.99 Å². The Kier molecular flexibility index (Phi) is 22.8. The van der Waals surface area contributed by atoms with Crippen LogP contribution in [-0.4, -0.2) is 18.2 Å². The topological polar surface area (TPSA) is 31.7 Å². The molecule has 4 rings (SSSR count). The van der Waals surface area contributed by atoms with Crippen molar-refractivity contribution in [1.29, 1.82) is 0 Å². The molecule has 3 aromatic rings. The quantitative estimate of drug-likeness (QED) is 0.131. The predicted molar refractivity (Wildman–Crippen MR) is 222 cm³/mol. The first-order valence-electron chi connectivity index (χ1n) is 17.0. The first-order valence-corrected chi connectivity index (χ1v) is 17.0. The smallest absolute Gasteiger partial charge is 0.140 e. The van der Waals surface area contributed by atoms with Crippen molar-refractivity contribution in [1.82, 2.24) is 4.98 Å².